The van der Waals surface area contributed by atoms with Crippen LogP contribution in [0.1, 0.15) is 31.4 Å². The first-order valence-electron chi connectivity index (χ1n) is 10.8. The van der Waals surface area contributed by atoms with E-state index in [1.54, 1.807) is 14.0 Å². The predicted octanol–water partition coefficient (Wildman–Crippen LogP) is 5.60. The van der Waals surface area contributed by atoms with Gasteiger partial charge in [-0.15, -0.1) is 0 Å². The fraction of sp³-hybridized carbons (Fsp3) is 0.192. The smallest absolute Gasteiger partial charge is 0.234 e. The van der Waals surface area contributed by atoms with Crippen molar-refractivity contribution < 1.29 is 9.53 Å². The quantitative estimate of drug-likeness (QED) is 0.501. The standard InChI is InChI=1S/C26H24N4O2S/c1-4-24-22-12-8-9-13-23(22)26(29(27-24)19-10-6-5-7-11-19)30(28-25(33-26)18(2)31)20-14-16-21(32-3)17-15-20/h5-17H,4H2,1-3H3. The van der Waals surface area contributed by atoms with Crippen LogP contribution in [0.4, 0.5) is 11.4 Å². The molecule has 0 fully saturated rings. The van der Waals surface area contributed by atoms with Crippen LogP contribution in [0.3, 0.4) is 0 Å². The number of methoxy groups -OCH3 is 1. The van der Waals surface area contributed by atoms with Gasteiger partial charge >= 0.3 is 0 Å². The molecular formula is C26H24N4O2S. The minimum absolute atomic E-state index is 0.0776. The molecule has 0 radical (unpaired) electrons. The maximum atomic E-state index is 12.6. The molecule has 1 unspecified atom stereocenters. The lowest BCUT2D eigenvalue weighted by Crippen LogP contribution is -2.53. The number of thioether (sulfide) groups is 1. The number of hydrogen-bond donors (Lipinski definition) is 0. The van der Waals surface area contributed by atoms with Gasteiger partial charge in [0.05, 0.1) is 24.2 Å². The minimum Gasteiger partial charge on any atom is -0.497 e. The summed E-state index contributed by atoms with van der Waals surface area (Å²) in [5.74, 6) is 0.678. The molecule has 0 aromatic heterocycles. The molecule has 5 rings (SSSR count). The first-order chi connectivity index (χ1) is 16.1. The number of carbonyl (C=O) groups excluding carboxylic acids is 1. The molecule has 33 heavy (non-hydrogen) atoms. The van der Waals surface area contributed by atoms with Crippen molar-refractivity contribution in [2.45, 2.75) is 25.3 Å². The van der Waals surface area contributed by atoms with Crippen molar-refractivity contribution in [1.82, 2.24) is 0 Å². The van der Waals surface area contributed by atoms with Crippen molar-refractivity contribution in [1.29, 1.82) is 0 Å². The highest BCUT2D eigenvalue weighted by Gasteiger charge is 2.55. The van der Waals surface area contributed by atoms with Gasteiger partial charge in [0.1, 0.15) is 5.75 Å². The van der Waals surface area contributed by atoms with E-state index in [1.807, 2.05) is 76.7 Å². The van der Waals surface area contributed by atoms with Crippen LogP contribution in [0.25, 0.3) is 0 Å². The first-order valence-corrected chi connectivity index (χ1v) is 11.7. The lowest BCUT2D eigenvalue weighted by molar-refractivity contribution is -0.110. The summed E-state index contributed by atoms with van der Waals surface area (Å²) >= 11 is 1.43. The highest BCUT2D eigenvalue weighted by Crippen LogP contribution is 2.54. The van der Waals surface area contributed by atoms with E-state index in [1.165, 1.54) is 11.8 Å². The monoisotopic (exact) mass is 456 g/mol. The second-order valence-corrected chi connectivity index (χ2v) is 8.93. The lowest BCUT2D eigenvalue weighted by atomic mass is 9.96. The van der Waals surface area contributed by atoms with Crippen LogP contribution >= 0.6 is 11.8 Å². The summed E-state index contributed by atoms with van der Waals surface area (Å²) in [6.45, 7) is 3.66. The van der Waals surface area contributed by atoms with Gasteiger partial charge in [0.15, 0.2) is 10.8 Å². The Bertz CT molecular complexity index is 1260. The number of rotatable bonds is 5. The number of anilines is 2. The average molecular weight is 457 g/mol. The number of fused-ring (bicyclic) bond motifs is 2. The molecule has 0 saturated heterocycles. The van der Waals surface area contributed by atoms with E-state index in [2.05, 4.69) is 19.1 Å². The molecule has 0 saturated carbocycles. The van der Waals surface area contributed by atoms with Crippen LogP contribution in [0.15, 0.2) is 89.1 Å². The molecule has 2 aliphatic heterocycles. The molecule has 0 N–H and O–H groups in total. The number of hydrazone groups is 2. The molecule has 7 heteroatoms. The van der Waals surface area contributed by atoms with Crippen LogP contribution in [-0.4, -0.2) is 23.6 Å². The van der Waals surface area contributed by atoms with Crippen molar-refractivity contribution >= 4 is 39.7 Å². The third-order valence-corrected chi connectivity index (χ3v) is 7.18. The molecule has 3 aromatic rings. The Balaban J connectivity index is 1.79. The van der Waals surface area contributed by atoms with Gasteiger partial charge < -0.3 is 4.74 Å². The van der Waals surface area contributed by atoms with Crippen molar-refractivity contribution in [3.8, 4) is 5.75 Å². The Morgan fingerprint density at radius 3 is 2.21 bits per heavy atom. The number of ether oxygens (including phenoxy) is 1. The Morgan fingerprint density at radius 2 is 1.55 bits per heavy atom. The van der Waals surface area contributed by atoms with E-state index in [9.17, 15) is 4.79 Å². The molecule has 1 spiro atoms. The number of hydrogen-bond acceptors (Lipinski definition) is 7. The molecule has 166 valence electrons. The average Bonchev–Trinajstić information content (AvgIpc) is 3.26. The van der Waals surface area contributed by atoms with E-state index in [0.29, 0.717) is 5.04 Å². The van der Waals surface area contributed by atoms with Crippen molar-refractivity contribution in [2.24, 2.45) is 10.2 Å². The number of ketones is 1. The van der Waals surface area contributed by atoms with Gasteiger partial charge in [-0.1, -0.05) is 49.4 Å². The van der Waals surface area contributed by atoms with Crippen LogP contribution < -0.4 is 14.8 Å². The van der Waals surface area contributed by atoms with E-state index in [4.69, 9.17) is 14.9 Å². The molecule has 0 bridgehead atoms. The molecule has 6 nitrogen and oxygen atoms in total. The number of nitrogens with zero attached hydrogens (tertiary/aromatic N) is 4. The zero-order valence-corrected chi connectivity index (χ0v) is 19.5. The Morgan fingerprint density at radius 1 is 0.909 bits per heavy atom. The largest absolute Gasteiger partial charge is 0.497 e. The summed E-state index contributed by atoms with van der Waals surface area (Å²) < 4.78 is 5.36. The van der Waals surface area contributed by atoms with Crippen LogP contribution in [0.2, 0.25) is 0 Å². The van der Waals surface area contributed by atoms with Crippen molar-refractivity contribution in [2.75, 3.05) is 17.1 Å². The Labute approximate surface area is 197 Å². The maximum Gasteiger partial charge on any atom is 0.234 e. The van der Waals surface area contributed by atoms with Gasteiger partial charge in [-0.05, 0) is 54.6 Å². The zero-order valence-electron chi connectivity index (χ0n) is 18.7. The molecule has 0 aliphatic carbocycles. The van der Waals surface area contributed by atoms with Gasteiger partial charge in [-0.25, -0.2) is 10.0 Å². The third-order valence-electron chi connectivity index (χ3n) is 5.77. The molecule has 2 aliphatic rings. The number of benzene rings is 3. The fourth-order valence-electron chi connectivity index (χ4n) is 4.20. The topological polar surface area (TPSA) is 57.5 Å². The zero-order chi connectivity index (χ0) is 23.0. The summed E-state index contributed by atoms with van der Waals surface area (Å²) in [4.78, 5) is 11.7. The molecule has 1 atom stereocenters. The highest BCUT2D eigenvalue weighted by atomic mass is 32.2. The molecule has 3 aromatic carbocycles. The Kier molecular flexibility index (Phi) is 5.42. The minimum atomic E-state index is -0.897. The van der Waals surface area contributed by atoms with Crippen molar-refractivity contribution in [3.05, 3.63) is 90.0 Å². The van der Waals surface area contributed by atoms with Crippen molar-refractivity contribution in [3.63, 3.8) is 0 Å². The number of Topliss-reactive ketones (excluding diaryl/α,β-unsaturated/α-hetero) is 1. The Hall–Kier alpha value is -3.58. The number of para-hydroxylation sites is 1. The van der Waals surface area contributed by atoms with Crippen LogP contribution in [-0.2, 0) is 9.79 Å². The lowest BCUT2D eigenvalue weighted by Gasteiger charge is -2.47. The summed E-state index contributed by atoms with van der Waals surface area (Å²) in [5, 5.41) is 14.3. The van der Waals surface area contributed by atoms with E-state index in [0.717, 1.165) is 40.4 Å². The summed E-state index contributed by atoms with van der Waals surface area (Å²) in [5.41, 5.74) is 4.86. The van der Waals surface area contributed by atoms with E-state index >= 15 is 0 Å². The van der Waals surface area contributed by atoms with Gasteiger partial charge in [0, 0.05) is 18.1 Å². The highest BCUT2D eigenvalue weighted by molar-refractivity contribution is 8.17. The summed E-state index contributed by atoms with van der Waals surface area (Å²) in [7, 11) is 1.64. The maximum absolute atomic E-state index is 12.6. The van der Waals surface area contributed by atoms with Gasteiger partial charge in [0.25, 0.3) is 0 Å². The second-order valence-electron chi connectivity index (χ2n) is 7.77. The first kappa shape index (κ1) is 21.3. The predicted molar refractivity (Wildman–Crippen MR) is 135 cm³/mol. The summed E-state index contributed by atoms with van der Waals surface area (Å²) in [6, 6.07) is 26.0. The van der Waals surface area contributed by atoms with Crippen LogP contribution in [0, 0.1) is 0 Å². The third kappa shape index (κ3) is 3.40. The normalized spacial score (nSPS) is 19.2. The summed E-state index contributed by atoms with van der Waals surface area (Å²) in [6.07, 6.45) is 0.782. The second kappa shape index (κ2) is 8.41. The fourth-order valence-corrected chi connectivity index (χ4v) is 5.48. The molecular weight excluding hydrogens is 432 g/mol. The van der Waals surface area contributed by atoms with E-state index < -0.39 is 4.99 Å². The molecule has 0 amide bonds. The molecule has 2 heterocycles. The SMILES string of the molecule is CCC1=NN(c2ccccc2)C2(SC(C(C)=O)=NN2c2ccc(OC)cc2)c2ccccc21. The van der Waals surface area contributed by atoms with Gasteiger partial charge in [0.2, 0.25) is 4.99 Å². The van der Waals surface area contributed by atoms with E-state index in [-0.39, 0.29) is 5.78 Å². The van der Waals surface area contributed by atoms with Crippen LogP contribution in [0.5, 0.6) is 5.75 Å². The van der Waals surface area contributed by atoms with Gasteiger partial charge in [-0.3, -0.25) is 4.79 Å². The van der Waals surface area contributed by atoms with Gasteiger partial charge in [-0.2, -0.15) is 10.2 Å². The number of carbonyl (C=O) groups is 1.